The predicted octanol–water partition coefficient (Wildman–Crippen LogP) is 5.84. The largest absolute Gasteiger partial charge is 0.488 e. The average Bonchev–Trinajstić information content (AvgIpc) is 2.61. The first-order valence-electron chi connectivity index (χ1n) is 7.97. The van der Waals surface area contributed by atoms with Crippen molar-refractivity contribution >= 4 is 17.3 Å². The van der Waals surface area contributed by atoms with Gasteiger partial charge in [0, 0.05) is 28.4 Å². The second-order valence-corrected chi connectivity index (χ2v) is 6.06. The number of rotatable bonds is 6. The summed E-state index contributed by atoms with van der Waals surface area (Å²) in [6.07, 6.45) is 0. The molecule has 0 spiro atoms. The summed E-state index contributed by atoms with van der Waals surface area (Å²) in [5.41, 5.74) is 4.47. The van der Waals surface area contributed by atoms with Crippen molar-refractivity contribution in [1.29, 1.82) is 0 Å². The lowest BCUT2D eigenvalue weighted by molar-refractivity contribution is 0.303. The molecule has 0 aliphatic carbocycles. The topological polar surface area (TPSA) is 21.3 Å². The summed E-state index contributed by atoms with van der Waals surface area (Å²) in [5.74, 6) is 0.874. The van der Waals surface area contributed by atoms with Gasteiger partial charge in [-0.1, -0.05) is 66.2 Å². The highest BCUT2D eigenvalue weighted by Gasteiger charge is 2.06. The van der Waals surface area contributed by atoms with Crippen molar-refractivity contribution in [3.8, 4) is 5.75 Å². The molecule has 3 aromatic carbocycles. The SMILES string of the molecule is Cc1ccccc1NCc1ccccc1OCc1ccccc1Cl. The van der Waals surface area contributed by atoms with Crippen molar-refractivity contribution in [2.45, 2.75) is 20.1 Å². The van der Waals surface area contributed by atoms with E-state index in [1.807, 2.05) is 54.6 Å². The maximum absolute atomic E-state index is 6.20. The summed E-state index contributed by atoms with van der Waals surface area (Å²) >= 11 is 6.20. The Morgan fingerprint density at radius 1 is 0.833 bits per heavy atom. The smallest absolute Gasteiger partial charge is 0.124 e. The number of hydrogen-bond acceptors (Lipinski definition) is 2. The minimum atomic E-state index is 0.459. The lowest BCUT2D eigenvalue weighted by atomic mass is 10.1. The van der Waals surface area contributed by atoms with E-state index in [1.54, 1.807) is 0 Å². The van der Waals surface area contributed by atoms with Gasteiger partial charge in [-0.2, -0.15) is 0 Å². The van der Waals surface area contributed by atoms with Crippen molar-refractivity contribution in [1.82, 2.24) is 0 Å². The molecule has 0 bridgehead atoms. The van der Waals surface area contributed by atoms with Crippen LogP contribution in [0.15, 0.2) is 72.8 Å². The Balaban J connectivity index is 1.69. The molecule has 0 fully saturated rings. The molecule has 0 unspecified atom stereocenters. The molecule has 0 saturated carbocycles. The fraction of sp³-hybridized carbons (Fsp3) is 0.143. The Kier molecular flexibility index (Phi) is 5.39. The molecule has 24 heavy (non-hydrogen) atoms. The molecule has 0 radical (unpaired) electrons. The number of hydrogen-bond donors (Lipinski definition) is 1. The Labute approximate surface area is 148 Å². The Morgan fingerprint density at radius 2 is 1.50 bits per heavy atom. The van der Waals surface area contributed by atoms with Crippen LogP contribution in [0, 0.1) is 6.92 Å². The van der Waals surface area contributed by atoms with Crippen LogP contribution in [0.4, 0.5) is 5.69 Å². The molecule has 3 rings (SSSR count). The van der Waals surface area contributed by atoms with Crippen molar-refractivity contribution in [2.24, 2.45) is 0 Å². The zero-order chi connectivity index (χ0) is 16.8. The molecule has 1 N–H and O–H groups in total. The van der Waals surface area contributed by atoms with E-state index in [0.717, 1.165) is 27.6 Å². The van der Waals surface area contributed by atoms with Gasteiger partial charge >= 0.3 is 0 Å². The van der Waals surface area contributed by atoms with Gasteiger partial charge in [-0.15, -0.1) is 0 Å². The molecule has 3 aromatic rings. The van der Waals surface area contributed by atoms with E-state index < -0.39 is 0 Å². The molecule has 122 valence electrons. The first-order chi connectivity index (χ1) is 11.7. The lowest BCUT2D eigenvalue weighted by Crippen LogP contribution is -2.04. The highest BCUT2D eigenvalue weighted by Crippen LogP contribution is 2.23. The quantitative estimate of drug-likeness (QED) is 0.610. The zero-order valence-corrected chi connectivity index (χ0v) is 14.4. The van der Waals surface area contributed by atoms with Crippen LogP contribution in [-0.4, -0.2) is 0 Å². The van der Waals surface area contributed by atoms with Crippen molar-refractivity contribution in [2.75, 3.05) is 5.32 Å². The standard InChI is InChI=1S/C21H20ClNO/c1-16-8-2-6-12-20(16)23-14-17-9-4-7-13-21(17)24-15-18-10-3-5-11-19(18)22/h2-13,23H,14-15H2,1H3. The Hall–Kier alpha value is -2.45. The number of para-hydroxylation sites is 2. The number of ether oxygens (including phenoxy) is 1. The minimum Gasteiger partial charge on any atom is -0.488 e. The molecular weight excluding hydrogens is 318 g/mol. The zero-order valence-electron chi connectivity index (χ0n) is 13.6. The fourth-order valence-electron chi connectivity index (χ4n) is 2.52. The second kappa shape index (κ2) is 7.89. The van der Waals surface area contributed by atoms with E-state index in [0.29, 0.717) is 13.2 Å². The molecule has 3 heteroatoms. The van der Waals surface area contributed by atoms with Gasteiger partial charge < -0.3 is 10.1 Å². The van der Waals surface area contributed by atoms with E-state index in [4.69, 9.17) is 16.3 Å². The third kappa shape index (κ3) is 4.09. The van der Waals surface area contributed by atoms with Gasteiger partial charge in [-0.3, -0.25) is 0 Å². The van der Waals surface area contributed by atoms with Crippen LogP contribution in [0.3, 0.4) is 0 Å². The predicted molar refractivity (Wildman–Crippen MR) is 101 cm³/mol. The van der Waals surface area contributed by atoms with Gasteiger partial charge in [0.1, 0.15) is 12.4 Å². The van der Waals surface area contributed by atoms with Gasteiger partial charge in [-0.25, -0.2) is 0 Å². The van der Waals surface area contributed by atoms with E-state index in [1.165, 1.54) is 5.56 Å². The third-order valence-electron chi connectivity index (χ3n) is 3.93. The van der Waals surface area contributed by atoms with Crippen LogP contribution in [0.2, 0.25) is 5.02 Å². The number of aryl methyl sites for hydroxylation is 1. The van der Waals surface area contributed by atoms with Crippen molar-refractivity contribution in [3.05, 3.63) is 94.5 Å². The first kappa shape index (κ1) is 16.4. The Morgan fingerprint density at radius 3 is 2.29 bits per heavy atom. The molecule has 0 amide bonds. The van der Waals surface area contributed by atoms with Gasteiger partial charge in [0.05, 0.1) is 0 Å². The second-order valence-electron chi connectivity index (χ2n) is 5.66. The normalized spacial score (nSPS) is 10.4. The van der Waals surface area contributed by atoms with E-state index >= 15 is 0 Å². The molecule has 0 saturated heterocycles. The van der Waals surface area contributed by atoms with Crippen molar-refractivity contribution < 1.29 is 4.74 Å². The Bertz CT molecular complexity index is 748. The molecule has 0 aliphatic heterocycles. The van der Waals surface area contributed by atoms with E-state index in [9.17, 15) is 0 Å². The van der Waals surface area contributed by atoms with Gasteiger partial charge in [0.25, 0.3) is 0 Å². The fourth-order valence-corrected chi connectivity index (χ4v) is 2.71. The molecular formula is C21H20ClNO. The van der Waals surface area contributed by atoms with E-state index in [-0.39, 0.29) is 0 Å². The van der Waals surface area contributed by atoms with Crippen LogP contribution >= 0.6 is 11.6 Å². The van der Waals surface area contributed by atoms with Gasteiger partial charge in [0.15, 0.2) is 0 Å². The number of nitrogens with one attached hydrogen (secondary N) is 1. The number of benzene rings is 3. The van der Waals surface area contributed by atoms with Gasteiger partial charge in [-0.05, 0) is 30.7 Å². The minimum absolute atomic E-state index is 0.459. The maximum Gasteiger partial charge on any atom is 0.124 e. The molecule has 0 aromatic heterocycles. The monoisotopic (exact) mass is 337 g/mol. The van der Waals surface area contributed by atoms with Crippen LogP contribution < -0.4 is 10.1 Å². The van der Waals surface area contributed by atoms with Gasteiger partial charge in [0.2, 0.25) is 0 Å². The summed E-state index contributed by atoms with van der Waals surface area (Å²) in [4.78, 5) is 0. The van der Waals surface area contributed by atoms with E-state index in [2.05, 4.69) is 30.4 Å². The molecule has 0 aliphatic rings. The summed E-state index contributed by atoms with van der Waals surface area (Å²) < 4.78 is 6.00. The molecule has 2 nitrogen and oxygen atoms in total. The highest BCUT2D eigenvalue weighted by molar-refractivity contribution is 6.31. The maximum atomic E-state index is 6.20. The summed E-state index contributed by atoms with van der Waals surface area (Å²) in [5, 5.41) is 4.20. The number of anilines is 1. The average molecular weight is 338 g/mol. The summed E-state index contributed by atoms with van der Waals surface area (Å²) in [7, 11) is 0. The van der Waals surface area contributed by atoms with Crippen molar-refractivity contribution in [3.63, 3.8) is 0 Å². The highest BCUT2D eigenvalue weighted by atomic mass is 35.5. The van der Waals surface area contributed by atoms with Crippen LogP contribution in [0.25, 0.3) is 0 Å². The summed E-state index contributed by atoms with van der Waals surface area (Å²) in [6.45, 7) is 3.27. The third-order valence-corrected chi connectivity index (χ3v) is 4.30. The summed E-state index contributed by atoms with van der Waals surface area (Å²) in [6, 6.07) is 24.1. The van der Waals surface area contributed by atoms with Crippen LogP contribution in [0.5, 0.6) is 5.75 Å². The molecule has 0 atom stereocenters. The van der Waals surface area contributed by atoms with Crippen LogP contribution in [0.1, 0.15) is 16.7 Å². The lowest BCUT2D eigenvalue weighted by Gasteiger charge is -2.14. The molecule has 0 heterocycles. The van der Waals surface area contributed by atoms with Crippen LogP contribution in [-0.2, 0) is 13.2 Å². The number of halogens is 1. The first-order valence-corrected chi connectivity index (χ1v) is 8.35.